The number of anilines is 3. The zero-order valence-corrected chi connectivity index (χ0v) is 26.7. The number of hydrogen-bond acceptors (Lipinski definition) is 3. The van der Waals surface area contributed by atoms with E-state index in [0.717, 1.165) is 50.5 Å². The van der Waals surface area contributed by atoms with Gasteiger partial charge in [-0.15, -0.1) is 0 Å². The van der Waals surface area contributed by atoms with Crippen molar-refractivity contribution in [3.63, 3.8) is 0 Å². The van der Waals surface area contributed by atoms with Gasteiger partial charge in [0.1, 0.15) is 11.5 Å². The summed E-state index contributed by atoms with van der Waals surface area (Å²) < 4.78 is 12.9. The normalized spacial score (nSPS) is 11.6. The van der Waals surface area contributed by atoms with Crippen LogP contribution < -0.4 is 14.4 Å². The van der Waals surface area contributed by atoms with Gasteiger partial charge in [0.05, 0.1) is 5.39 Å². The van der Waals surface area contributed by atoms with Crippen molar-refractivity contribution in [1.29, 1.82) is 0 Å². The molecule has 0 saturated carbocycles. The van der Waals surface area contributed by atoms with E-state index in [0.29, 0.717) is 11.5 Å². The van der Waals surface area contributed by atoms with Crippen LogP contribution >= 0.6 is 0 Å². The average molecular weight is 630 g/mol. The Morgan fingerprint density at radius 2 is 0.755 bits per heavy atom. The van der Waals surface area contributed by atoms with Gasteiger partial charge in [0.15, 0.2) is 11.5 Å². The molecule has 0 saturated heterocycles. The molecule has 3 nitrogen and oxygen atoms in total. The molecule has 9 rings (SSSR count). The van der Waals surface area contributed by atoms with Crippen LogP contribution in [0.25, 0.3) is 44.2 Å². The van der Waals surface area contributed by atoms with Crippen LogP contribution in [0, 0.1) is 0 Å². The summed E-state index contributed by atoms with van der Waals surface area (Å²) in [6, 6.07) is 65.6. The zero-order valence-electron chi connectivity index (χ0n) is 26.7. The second-order valence-electron chi connectivity index (χ2n) is 12.2. The minimum absolute atomic E-state index is 0.693. The molecule has 0 amide bonds. The van der Waals surface area contributed by atoms with Gasteiger partial charge < -0.3 is 14.4 Å². The molecule has 49 heavy (non-hydrogen) atoms. The highest BCUT2D eigenvalue weighted by atomic mass is 16.5. The van der Waals surface area contributed by atoms with E-state index in [-0.39, 0.29) is 0 Å². The van der Waals surface area contributed by atoms with Crippen molar-refractivity contribution in [3.05, 3.63) is 188 Å². The third-order valence-electron chi connectivity index (χ3n) is 9.11. The number of rotatable bonds is 6. The van der Waals surface area contributed by atoms with E-state index in [4.69, 9.17) is 9.47 Å². The van der Waals surface area contributed by atoms with E-state index < -0.39 is 0 Å². The molecule has 0 N–H and O–H groups in total. The molecule has 0 bridgehead atoms. The molecule has 1 aliphatic rings. The van der Waals surface area contributed by atoms with E-state index in [2.05, 4.69) is 157 Å². The van der Waals surface area contributed by atoms with Gasteiger partial charge in [-0.25, -0.2) is 0 Å². The maximum Gasteiger partial charge on any atom is 0.170 e. The van der Waals surface area contributed by atoms with Crippen molar-refractivity contribution in [2.45, 2.75) is 0 Å². The molecular formula is C46H31NO2. The topological polar surface area (TPSA) is 21.7 Å². The number of hydrogen-bond donors (Lipinski definition) is 0. The monoisotopic (exact) mass is 629 g/mol. The number of fused-ring (bicyclic) bond motifs is 1. The SMILES string of the molecule is c1ccc(-c2ccc(-c3ccc(N(c4ccccc4)c4cccc(-c5ccc6c(c5)Oc5cccc7cccc(c57)O6)c4)cc3)cc2)cc1. The van der Waals surface area contributed by atoms with Gasteiger partial charge >= 0.3 is 0 Å². The third-order valence-corrected chi connectivity index (χ3v) is 9.11. The number of benzene rings is 8. The lowest BCUT2D eigenvalue weighted by Gasteiger charge is -2.26. The Hall–Kier alpha value is -6.58. The summed E-state index contributed by atoms with van der Waals surface area (Å²) in [6.45, 7) is 0. The van der Waals surface area contributed by atoms with E-state index in [1.807, 2.05) is 36.4 Å². The molecule has 3 heteroatoms. The van der Waals surface area contributed by atoms with Crippen LogP contribution in [-0.2, 0) is 0 Å². The lowest BCUT2D eigenvalue weighted by Crippen LogP contribution is -2.09. The Bertz CT molecular complexity index is 2410. The number of nitrogens with zero attached hydrogens (tertiary/aromatic N) is 1. The van der Waals surface area contributed by atoms with Crippen LogP contribution in [-0.4, -0.2) is 0 Å². The molecule has 0 atom stereocenters. The lowest BCUT2D eigenvalue weighted by molar-refractivity contribution is 0.439. The fraction of sp³-hybridized carbons (Fsp3) is 0. The highest BCUT2D eigenvalue weighted by molar-refractivity contribution is 5.95. The van der Waals surface area contributed by atoms with Gasteiger partial charge in [0, 0.05) is 17.1 Å². The maximum atomic E-state index is 6.49. The largest absolute Gasteiger partial charge is 0.453 e. The van der Waals surface area contributed by atoms with Crippen molar-refractivity contribution in [1.82, 2.24) is 0 Å². The number of ether oxygens (including phenoxy) is 2. The quantitative estimate of drug-likeness (QED) is 0.183. The highest BCUT2D eigenvalue weighted by Gasteiger charge is 2.20. The second-order valence-corrected chi connectivity index (χ2v) is 12.2. The van der Waals surface area contributed by atoms with Crippen molar-refractivity contribution in [3.8, 4) is 56.4 Å². The van der Waals surface area contributed by atoms with Crippen molar-refractivity contribution >= 4 is 27.8 Å². The first kappa shape index (κ1) is 28.6. The van der Waals surface area contributed by atoms with Gasteiger partial charge in [-0.05, 0) is 99.4 Å². The first-order valence-electron chi connectivity index (χ1n) is 16.5. The molecule has 0 aromatic heterocycles. The standard InChI is InChI=1S/C46H31NO2/c1-3-10-32(11-4-1)33-20-22-34(23-21-33)35-24-27-40(28-25-35)47(39-15-5-2-6-16-39)41-17-7-14-37(30-41)38-26-29-42-45(31-38)49-44-19-9-13-36-12-8-18-43(48-42)46(36)44/h1-31H. The molecule has 1 heterocycles. The summed E-state index contributed by atoms with van der Waals surface area (Å²) in [7, 11) is 0. The molecule has 0 radical (unpaired) electrons. The van der Waals surface area contributed by atoms with Crippen molar-refractivity contribution < 1.29 is 9.47 Å². The maximum absolute atomic E-state index is 6.49. The van der Waals surface area contributed by atoms with E-state index >= 15 is 0 Å². The molecule has 0 fully saturated rings. The molecule has 0 aliphatic carbocycles. The van der Waals surface area contributed by atoms with Crippen LogP contribution in [0.2, 0.25) is 0 Å². The minimum atomic E-state index is 0.693. The van der Waals surface area contributed by atoms with Gasteiger partial charge in [-0.1, -0.05) is 127 Å². The Balaban J connectivity index is 1.05. The van der Waals surface area contributed by atoms with Crippen LogP contribution in [0.1, 0.15) is 0 Å². The molecular weight excluding hydrogens is 599 g/mol. The summed E-state index contributed by atoms with van der Waals surface area (Å²) in [4.78, 5) is 2.30. The molecule has 0 spiro atoms. The van der Waals surface area contributed by atoms with Crippen LogP contribution in [0.5, 0.6) is 23.0 Å². The number of para-hydroxylation sites is 1. The van der Waals surface area contributed by atoms with Gasteiger partial charge in [-0.3, -0.25) is 0 Å². The van der Waals surface area contributed by atoms with Crippen LogP contribution in [0.3, 0.4) is 0 Å². The zero-order chi connectivity index (χ0) is 32.6. The van der Waals surface area contributed by atoms with Crippen molar-refractivity contribution in [2.75, 3.05) is 4.90 Å². The lowest BCUT2D eigenvalue weighted by atomic mass is 10.00. The van der Waals surface area contributed by atoms with Crippen LogP contribution in [0.15, 0.2) is 188 Å². The van der Waals surface area contributed by atoms with E-state index in [1.165, 1.54) is 22.3 Å². The Morgan fingerprint density at radius 3 is 1.43 bits per heavy atom. The highest BCUT2D eigenvalue weighted by Crippen LogP contribution is 2.47. The summed E-state index contributed by atoms with van der Waals surface area (Å²) in [5.74, 6) is 2.99. The second kappa shape index (κ2) is 12.2. The third kappa shape index (κ3) is 5.48. The van der Waals surface area contributed by atoms with Gasteiger partial charge in [-0.2, -0.15) is 0 Å². The Labute approximate surface area is 285 Å². The molecule has 8 aromatic carbocycles. The smallest absolute Gasteiger partial charge is 0.170 e. The summed E-state index contributed by atoms with van der Waals surface area (Å²) in [5.41, 5.74) is 10.2. The van der Waals surface area contributed by atoms with Crippen molar-refractivity contribution in [2.24, 2.45) is 0 Å². The predicted octanol–water partition coefficient (Wildman–Crippen LogP) is 13.2. The average Bonchev–Trinajstić information content (AvgIpc) is 3.33. The summed E-state index contributed by atoms with van der Waals surface area (Å²) in [5, 5.41) is 2.07. The van der Waals surface area contributed by atoms with Crippen LogP contribution in [0.4, 0.5) is 17.1 Å². The minimum Gasteiger partial charge on any atom is -0.453 e. The van der Waals surface area contributed by atoms with Gasteiger partial charge in [0.2, 0.25) is 0 Å². The Morgan fingerprint density at radius 1 is 0.286 bits per heavy atom. The summed E-state index contributed by atoms with van der Waals surface area (Å²) >= 11 is 0. The fourth-order valence-corrected chi connectivity index (χ4v) is 6.67. The molecule has 232 valence electrons. The molecule has 1 aliphatic heterocycles. The van der Waals surface area contributed by atoms with Gasteiger partial charge in [0.25, 0.3) is 0 Å². The molecule has 8 aromatic rings. The molecule has 0 unspecified atom stereocenters. The first-order chi connectivity index (χ1) is 24.3. The fourth-order valence-electron chi connectivity index (χ4n) is 6.67. The van der Waals surface area contributed by atoms with E-state index in [9.17, 15) is 0 Å². The Kier molecular flexibility index (Phi) is 7.14. The first-order valence-corrected chi connectivity index (χ1v) is 16.5. The van der Waals surface area contributed by atoms with E-state index in [1.54, 1.807) is 0 Å². The predicted molar refractivity (Wildman–Crippen MR) is 202 cm³/mol. The summed E-state index contributed by atoms with van der Waals surface area (Å²) in [6.07, 6.45) is 0.